The highest BCUT2D eigenvalue weighted by atomic mass is 79.9. The van der Waals surface area contributed by atoms with Gasteiger partial charge in [-0.05, 0) is 22.9 Å². The third-order valence-electron chi connectivity index (χ3n) is 3.09. The van der Waals surface area contributed by atoms with E-state index in [1.807, 2.05) is 0 Å². The number of hydrogen-bond acceptors (Lipinski definition) is 2. The average molecular weight is 348 g/mol. The van der Waals surface area contributed by atoms with E-state index < -0.39 is 23.5 Å². The lowest BCUT2D eigenvalue weighted by Gasteiger charge is -2.14. The largest absolute Gasteiger partial charge is 0.323 e. The maximum absolute atomic E-state index is 13.7. The van der Waals surface area contributed by atoms with Crippen molar-refractivity contribution in [2.45, 2.75) is 19.4 Å². The van der Waals surface area contributed by atoms with Crippen LogP contribution in [0.15, 0.2) is 16.6 Å². The van der Waals surface area contributed by atoms with Gasteiger partial charge in [-0.3, -0.25) is 4.68 Å². The predicted molar refractivity (Wildman–Crippen MR) is 72.6 cm³/mol. The van der Waals surface area contributed by atoms with E-state index in [0.717, 1.165) is 15.9 Å². The average Bonchev–Trinajstić information content (AvgIpc) is 2.54. The first kappa shape index (κ1) is 15.1. The monoisotopic (exact) mass is 347 g/mol. The summed E-state index contributed by atoms with van der Waals surface area (Å²) in [4.78, 5) is 0. The first-order chi connectivity index (χ1) is 9.31. The third-order valence-corrected chi connectivity index (χ3v) is 4.12. The molecule has 1 unspecified atom stereocenters. The molecule has 2 N–H and O–H groups in total. The fourth-order valence-corrected chi connectivity index (χ4v) is 2.62. The molecule has 7 heteroatoms. The standard InChI is InChI=1S/C13H13BrF3N3/c1-6-13(14)11(20(2)19-6)5-10(18)12-8(16)3-7(15)4-9(12)17/h3-4,10H,5,18H2,1-2H3. The fourth-order valence-electron chi connectivity index (χ4n) is 2.12. The molecule has 0 fully saturated rings. The minimum absolute atomic E-state index is 0.178. The van der Waals surface area contributed by atoms with Crippen LogP contribution in [0.2, 0.25) is 0 Å². The van der Waals surface area contributed by atoms with Gasteiger partial charge in [0.1, 0.15) is 17.5 Å². The summed E-state index contributed by atoms with van der Waals surface area (Å²) in [5, 5.41) is 4.18. The summed E-state index contributed by atoms with van der Waals surface area (Å²) in [6.07, 6.45) is 0.178. The Morgan fingerprint density at radius 3 is 2.30 bits per heavy atom. The van der Waals surface area contributed by atoms with E-state index in [9.17, 15) is 13.2 Å². The van der Waals surface area contributed by atoms with Crippen molar-refractivity contribution < 1.29 is 13.2 Å². The highest BCUT2D eigenvalue weighted by Gasteiger charge is 2.21. The number of aryl methyl sites for hydroxylation is 2. The van der Waals surface area contributed by atoms with Gasteiger partial charge in [0.05, 0.1) is 15.9 Å². The molecule has 0 spiro atoms. The molecular weight excluding hydrogens is 335 g/mol. The Bertz CT molecular complexity index is 632. The number of nitrogens with zero attached hydrogens (tertiary/aromatic N) is 2. The molecule has 0 aliphatic heterocycles. The van der Waals surface area contributed by atoms with Crippen molar-refractivity contribution in [3.63, 3.8) is 0 Å². The smallest absolute Gasteiger partial charge is 0.133 e. The second kappa shape index (κ2) is 5.57. The predicted octanol–water partition coefficient (Wildman–Crippen LogP) is 3.15. The number of nitrogens with two attached hydrogens (primary N) is 1. The Balaban J connectivity index is 2.36. The Kier molecular flexibility index (Phi) is 4.19. The Labute approximate surface area is 122 Å². The molecule has 0 radical (unpaired) electrons. The van der Waals surface area contributed by atoms with Crippen LogP contribution in [-0.2, 0) is 13.5 Å². The summed E-state index contributed by atoms with van der Waals surface area (Å²) in [5.74, 6) is -2.93. The quantitative estimate of drug-likeness (QED) is 0.926. The SMILES string of the molecule is Cc1nn(C)c(CC(N)c2c(F)cc(F)cc2F)c1Br. The second-order valence-electron chi connectivity index (χ2n) is 4.56. The molecule has 3 nitrogen and oxygen atoms in total. The lowest BCUT2D eigenvalue weighted by atomic mass is 10.0. The summed E-state index contributed by atoms with van der Waals surface area (Å²) in [6.45, 7) is 1.80. The van der Waals surface area contributed by atoms with E-state index in [0.29, 0.717) is 12.1 Å². The van der Waals surface area contributed by atoms with Gasteiger partial charge >= 0.3 is 0 Å². The number of rotatable bonds is 3. The maximum atomic E-state index is 13.7. The molecule has 0 aliphatic carbocycles. The number of aromatic nitrogens is 2. The summed E-state index contributed by atoms with van der Waals surface area (Å²) in [7, 11) is 1.72. The van der Waals surface area contributed by atoms with Crippen molar-refractivity contribution in [2.24, 2.45) is 12.8 Å². The molecule has 0 aliphatic rings. The Hall–Kier alpha value is -1.34. The number of hydrogen-bond donors (Lipinski definition) is 1. The number of halogens is 4. The molecule has 1 heterocycles. The van der Waals surface area contributed by atoms with Gasteiger partial charge in [-0.2, -0.15) is 5.10 Å². The van der Waals surface area contributed by atoms with E-state index in [2.05, 4.69) is 21.0 Å². The van der Waals surface area contributed by atoms with Gasteiger partial charge in [-0.15, -0.1) is 0 Å². The van der Waals surface area contributed by atoms with E-state index in [1.54, 1.807) is 18.7 Å². The van der Waals surface area contributed by atoms with Gasteiger partial charge in [-0.25, -0.2) is 13.2 Å². The zero-order valence-corrected chi connectivity index (χ0v) is 12.5. The lowest BCUT2D eigenvalue weighted by molar-refractivity contribution is 0.497. The van der Waals surface area contributed by atoms with Gasteiger partial charge in [-0.1, -0.05) is 0 Å². The van der Waals surface area contributed by atoms with Crippen LogP contribution in [0.1, 0.15) is 23.0 Å². The van der Waals surface area contributed by atoms with Gasteiger partial charge in [0.15, 0.2) is 0 Å². The van der Waals surface area contributed by atoms with Gasteiger partial charge < -0.3 is 5.73 Å². The molecule has 0 saturated carbocycles. The van der Waals surface area contributed by atoms with Crippen molar-refractivity contribution in [1.29, 1.82) is 0 Å². The first-order valence-electron chi connectivity index (χ1n) is 5.89. The summed E-state index contributed by atoms with van der Waals surface area (Å²) < 4.78 is 42.6. The van der Waals surface area contributed by atoms with Crippen LogP contribution in [0, 0.1) is 24.4 Å². The van der Waals surface area contributed by atoms with Crippen LogP contribution >= 0.6 is 15.9 Å². The Morgan fingerprint density at radius 1 is 1.30 bits per heavy atom. The van der Waals surface area contributed by atoms with E-state index in [1.165, 1.54) is 0 Å². The minimum Gasteiger partial charge on any atom is -0.323 e. The van der Waals surface area contributed by atoms with Crippen molar-refractivity contribution in [1.82, 2.24) is 9.78 Å². The molecule has 0 bridgehead atoms. The molecule has 1 aromatic heterocycles. The van der Waals surface area contributed by atoms with E-state index in [-0.39, 0.29) is 12.0 Å². The van der Waals surface area contributed by atoms with Crippen molar-refractivity contribution in [2.75, 3.05) is 0 Å². The van der Waals surface area contributed by atoms with Crippen LogP contribution in [0.25, 0.3) is 0 Å². The van der Waals surface area contributed by atoms with Crippen molar-refractivity contribution in [3.05, 3.63) is 51.0 Å². The second-order valence-corrected chi connectivity index (χ2v) is 5.36. The first-order valence-corrected chi connectivity index (χ1v) is 6.68. The molecule has 108 valence electrons. The van der Waals surface area contributed by atoms with E-state index >= 15 is 0 Å². The summed E-state index contributed by atoms with van der Waals surface area (Å²) in [5.41, 5.74) is 7.02. The molecule has 1 aromatic carbocycles. The topological polar surface area (TPSA) is 43.8 Å². The van der Waals surface area contributed by atoms with Crippen LogP contribution in [-0.4, -0.2) is 9.78 Å². The minimum atomic E-state index is -0.981. The highest BCUT2D eigenvalue weighted by molar-refractivity contribution is 9.10. The molecular formula is C13H13BrF3N3. The van der Waals surface area contributed by atoms with Crippen LogP contribution in [0.4, 0.5) is 13.2 Å². The van der Waals surface area contributed by atoms with Crippen LogP contribution < -0.4 is 5.73 Å². The molecule has 2 aromatic rings. The zero-order chi connectivity index (χ0) is 15.0. The maximum Gasteiger partial charge on any atom is 0.133 e. The molecule has 1 atom stereocenters. The Morgan fingerprint density at radius 2 is 1.85 bits per heavy atom. The van der Waals surface area contributed by atoms with Crippen LogP contribution in [0.3, 0.4) is 0 Å². The third kappa shape index (κ3) is 2.73. The fraction of sp³-hybridized carbons (Fsp3) is 0.308. The lowest BCUT2D eigenvalue weighted by Crippen LogP contribution is -2.19. The summed E-state index contributed by atoms with van der Waals surface area (Å²) >= 11 is 3.36. The van der Waals surface area contributed by atoms with Crippen molar-refractivity contribution in [3.8, 4) is 0 Å². The molecule has 0 amide bonds. The zero-order valence-electron chi connectivity index (χ0n) is 10.9. The molecule has 20 heavy (non-hydrogen) atoms. The van der Waals surface area contributed by atoms with Crippen LogP contribution in [0.5, 0.6) is 0 Å². The molecule has 0 saturated heterocycles. The normalized spacial score (nSPS) is 12.8. The van der Waals surface area contributed by atoms with Gasteiger partial charge in [0, 0.05) is 37.2 Å². The highest BCUT2D eigenvalue weighted by Crippen LogP contribution is 2.27. The summed E-state index contributed by atoms with van der Waals surface area (Å²) in [6, 6.07) is 0.325. The molecule has 2 rings (SSSR count). The van der Waals surface area contributed by atoms with Crippen molar-refractivity contribution >= 4 is 15.9 Å². The number of benzene rings is 1. The van der Waals surface area contributed by atoms with E-state index in [4.69, 9.17) is 5.73 Å². The van der Waals surface area contributed by atoms with Gasteiger partial charge in [0.25, 0.3) is 0 Å². The van der Waals surface area contributed by atoms with Gasteiger partial charge in [0.2, 0.25) is 0 Å².